The highest BCUT2D eigenvalue weighted by molar-refractivity contribution is 6.37. The summed E-state index contributed by atoms with van der Waals surface area (Å²) in [6.45, 7) is 4.07. The van der Waals surface area contributed by atoms with Gasteiger partial charge in [-0.05, 0) is 41.8 Å². The van der Waals surface area contributed by atoms with E-state index in [1.807, 2.05) is 19.9 Å². The number of anilines is 1. The van der Waals surface area contributed by atoms with Gasteiger partial charge in [-0.25, -0.2) is 0 Å². The van der Waals surface area contributed by atoms with Crippen LogP contribution < -0.4 is 10.6 Å². The van der Waals surface area contributed by atoms with E-state index >= 15 is 0 Å². The minimum Gasteiger partial charge on any atom is -0.480 e. The highest BCUT2D eigenvalue weighted by Gasteiger charge is 2.20. The summed E-state index contributed by atoms with van der Waals surface area (Å²) in [5.41, 5.74) is 1.78. The second kappa shape index (κ2) is 9.03. The van der Waals surface area contributed by atoms with Crippen molar-refractivity contribution < 1.29 is 14.7 Å². The van der Waals surface area contributed by atoms with E-state index in [2.05, 4.69) is 10.6 Å². The molecule has 0 heterocycles. The van der Waals surface area contributed by atoms with Gasteiger partial charge in [0.1, 0.15) is 6.04 Å². The van der Waals surface area contributed by atoms with Crippen LogP contribution >= 0.6 is 23.2 Å². The summed E-state index contributed by atoms with van der Waals surface area (Å²) in [4.78, 5) is 23.6. The van der Waals surface area contributed by atoms with E-state index in [1.165, 1.54) is 6.07 Å². The van der Waals surface area contributed by atoms with Gasteiger partial charge >= 0.3 is 5.97 Å². The molecule has 0 unspecified atom stereocenters. The zero-order valence-corrected chi connectivity index (χ0v) is 15.9. The monoisotopic (exact) mass is 394 g/mol. The topological polar surface area (TPSA) is 78.4 Å². The van der Waals surface area contributed by atoms with Crippen LogP contribution in [0.1, 0.15) is 29.8 Å². The van der Waals surface area contributed by atoms with Crippen LogP contribution in [0.5, 0.6) is 0 Å². The van der Waals surface area contributed by atoms with Crippen LogP contribution in [-0.4, -0.2) is 23.0 Å². The van der Waals surface area contributed by atoms with Crippen LogP contribution in [0.3, 0.4) is 0 Å². The number of hydrogen-bond donors (Lipinski definition) is 3. The van der Waals surface area contributed by atoms with E-state index < -0.39 is 12.0 Å². The normalized spacial score (nSPS) is 12.0. The average molecular weight is 395 g/mol. The Balaban J connectivity index is 2.06. The Labute approximate surface area is 162 Å². The predicted octanol–water partition coefficient (Wildman–Crippen LogP) is 4.44. The molecule has 26 heavy (non-hydrogen) atoms. The summed E-state index contributed by atoms with van der Waals surface area (Å²) in [6.07, 6.45) is 0. The molecule has 1 atom stereocenters. The van der Waals surface area contributed by atoms with Gasteiger partial charge in [-0.3, -0.25) is 9.59 Å². The molecular weight excluding hydrogens is 375 g/mol. The van der Waals surface area contributed by atoms with Gasteiger partial charge in [0.05, 0.1) is 10.6 Å². The molecular formula is C19H20Cl2N2O3. The Hall–Kier alpha value is -2.08. The third-order valence-electron chi connectivity index (χ3n) is 3.82. The summed E-state index contributed by atoms with van der Waals surface area (Å²) >= 11 is 11.9. The Morgan fingerprint density at radius 2 is 1.85 bits per heavy atom. The minimum atomic E-state index is -0.887. The Morgan fingerprint density at radius 1 is 1.12 bits per heavy atom. The molecule has 2 aromatic carbocycles. The van der Waals surface area contributed by atoms with Crippen LogP contribution in [0, 0.1) is 5.92 Å². The molecule has 7 heteroatoms. The molecule has 1 amide bonds. The van der Waals surface area contributed by atoms with Crippen LogP contribution in [0.4, 0.5) is 5.69 Å². The highest BCUT2D eigenvalue weighted by Crippen LogP contribution is 2.22. The molecule has 0 radical (unpaired) electrons. The van der Waals surface area contributed by atoms with Crippen molar-refractivity contribution in [3.05, 3.63) is 63.6 Å². The maximum atomic E-state index is 12.4. The molecule has 2 rings (SSSR count). The molecule has 0 saturated heterocycles. The van der Waals surface area contributed by atoms with Gasteiger partial charge in [-0.2, -0.15) is 0 Å². The summed E-state index contributed by atoms with van der Waals surface area (Å²) in [5, 5.41) is 15.7. The Bertz CT molecular complexity index is 809. The second-order valence-corrected chi connectivity index (χ2v) is 7.06. The SMILES string of the molecule is CC(C)[C@H](NCc1cccc(NC(=O)c2ccc(Cl)cc2Cl)c1)C(=O)O. The van der Waals surface area contributed by atoms with E-state index in [0.717, 1.165) is 5.56 Å². The van der Waals surface area contributed by atoms with Gasteiger partial charge in [-0.15, -0.1) is 0 Å². The first kappa shape index (κ1) is 20.2. The first-order valence-corrected chi connectivity index (χ1v) is 8.85. The molecule has 5 nitrogen and oxygen atoms in total. The molecule has 0 aliphatic heterocycles. The number of carboxylic acid groups (broad SMARTS) is 1. The third-order valence-corrected chi connectivity index (χ3v) is 4.37. The van der Waals surface area contributed by atoms with Crippen LogP contribution in [-0.2, 0) is 11.3 Å². The molecule has 0 aliphatic carbocycles. The standard InChI is InChI=1S/C19H20Cl2N2O3/c1-11(2)17(19(25)26)22-10-12-4-3-5-14(8-12)23-18(24)15-7-6-13(20)9-16(15)21/h3-9,11,17,22H,10H2,1-2H3,(H,23,24)(H,25,26)/t17-/m0/s1. The lowest BCUT2D eigenvalue weighted by molar-refractivity contribution is -0.140. The molecule has 0 saturated carbocycles. The fourth-order valence-electron chi connectivity index (χ4n) is 2.47. The number of halogens is 2. The fourth-order valence-corrected chi connectivity index (χ4v) is 2.96. The van der Waals surface area contributed by atoms with Gasteiger partial charge in [0.15, 0.2) is 0 Å². The maximum Gasteiger partial charge on any atom is 0.320 e. The average Bonchev–Trinajstić information content (AvgIpc) is 2.54. The molecule has 3 N–H and O–H groups in total. The molecule has 2 aromatic rings. The van der Waals surface area contributed by atoms with Gasteiger partial charge in [-0.1, -0.05) is 49.2 Å². The quantitative estimate of drug-likeness (QED) is 0.648. The summed E-state index contributed by atoms with van der Waals surface area (Å²) in [7, 11) is 0. The first-order valence-electron chi connectivity index (χ1n) is 8.09. The van der Waals surface area contributed by atoms with E-state index in [9.17, 15) is 14.7 Å². The van der Waals surface area contributed by atoms with E-state index in [0.29, 0.717) is 22.8 Å². The van der Waals surface area contributed by atoms with Gasteiger partial charge in [0, 0.05) is 17.3 Å². The van der Waals surface area contributed by atoms with Gasteiger partial charge < -0.3 is 15.7 Å². The zero-order chi connectivity index (χ0) is 19.3. The van der Waals surface area contributed by atoms with Gasteiger partial charge in [0.25, 0.3) is 5.91 Å². The number of hydrogen-bond acceptors (Lipinski definition) is 3. The lowest BCUT2D eigenvalue weighted by atomic mass is 10.0. The third kappa shape index (κ3) is 5.46. The lowest BCUT2D eigenvalue weighted by Gasteiger charge is -2.18. The Morgan fingerprint density at radius 3 is 2.46 bits per heavy atom. The minimum absolute atomic E-state index is 0.0394. The highest BCUT2D eigenvalue weighted by atomic mass is 35.5. The number of carboxylic acids is 1. The maximum absolute atomic E-state index is 12.4. The van der Waals surface area contributed by atoms with Crippen molar-refractivity contribution in [2.75, 3.05) is 5.32 Å². The van der Waals surface area contributed by atoms with Crippen molar-refractivity contribution in [2.24, 2.45) is 5.92 Å². The Kier molecular flexibility index (Phi) is 7.03. The number of carbonyl (C=O) groups is 2. The van der Waals surface area contributed by atoms with Crippen molar-refractivity contribution >= 4 is 40.8 Å². The van der Waals surface area contributed by atoms with Crippen LogP contribution in [0.15, 0.2) is 42.5 Å². The van der Waals surface area contributed by atoms with E-state index in [4.69, 9.17) is 23.2 Å². The number of amides is 1. The molecule has 0 fully saturated rings. The molecule has 0 spiro atoms. The summed E-state index contributed by atoms with van der Waals surface area (Å²) < 4.78 is 0. The molecule has 0 aliphatic rings. The number of nitrogens with one attached hydrogen (secondary N) is 2. The van der Waals surface area contributed by atoms with Crippen molar-refractivity contribution in [1.29, 1.82) is 0 Å². The molecule has 0 bridgehead atoms. The van der Waals surface area contributed by atoms with Gasteiger partial charge in [0.2, 0.25) is 0 Å². The fraction of sp³-hybridized carbons (Fsp3) is 0.263. The molecule has 0 aromatic heterocycles. The first-order chi connectivity index (χ1) is 12.3. The second-order valence-electron chi connectivity index (χ2n) is 6.22. The van der Waals surface area contributed by atoms with Crippen molar-refractivity contribution in [3.8, 4) is 0 Å². The number of carbonyl (C=O) groups excluding carboxylic acids is 1. The van der Waals surface area contributed by atoms with Crippen LogP contribution in [0.25, 0.3) is 0 Å². The number of rotatable bonds is 7. The lowest BCUT2D eigenvalue weighted by Crippen LogP contribution is -2.40. The van der Waals surface area contributed by atoms with Crippen LogP contribution in [0.2, 0.25) is 10.0 Å². The van der Waals surface area contributed by atoms with Crippen molar-refractivity contribution in [2.45, 2.75) is 26.4 Å². The number of aliphatic carboxylic acids is 1. The number of benzene rings is 2. The predicted molar refractivity (Wildman–Crippen MR) is 104 cm³/mol. The largest absolute Gasteiger partial charge is 0.480 e. The molecule has 138 valence electrons. The zero-order valence-electron chi connectivity index (χ0n) is 14.4. The summed E-state index contributed by atoms with van der Waals surface area (Å²) in [5.74, 6) is -1.27. The van der Waals surface area contributed by atoms with Crippen molar-refractivity contribution in [1.82, 2.24) is 5.32 Å². The van der Waals surface area contributed by atoms with Crippen molar-refractivity contribution in [3.63, 3.8) is 0 Å². The van der Waals surface area contributed by atoms with E-state index in [1.54, 1.807) is 30.3 Å². The van der Waals surface area contributed by atoms with E-state index in [-0.39, 0.29) is 16.8 Å². The summed E-state index contributed by atoms with van der Waals surface area (Å²) in [6, 6.07) is 11.2. The smallest absolute Gasteiger partial charge is 0.320 e.